The number of likely N-dealkylation sites (tertiary alicyclic amines) is 1. The lowest BCUT2D eigenvalue weighted by Gasteiger charge is -2.19. The van der Waals surface area contributed by atoms with E-state index in [2.05, 4.69) is 6.92 Å². The SMILES string of the molecule is C[C@@H]1C[C@H]2CN(C(=O)c3ccc4c(c3)OCCCO4)C[C@H]2O1. The molecule has 0 aliphatic carbocycles. The van der Waals surface area contributed by atoms with Crippen LogP contribution >= 0.6 is 0 Å². The fourth-order valence-electron chi connectivity index (χ4n) is 3.65. The van der Waals surface area contributed by atoms with E-state index in [0.717, 1.165) is 25.1 Å². The minimum atomic E-state index is 0.0568. The zero-order valence-corrected chi connectivity index (χ0v) is 12.8. The van der Waals surface area contributed by atoms with Crippen LogP contribution in [-0.2, 0) is 4.74 Å². The Morgan fingerprint density at radius 1 is 1.18 bits per heavy atom. The number of rotatable bonds is 1. The van der Waals surface area contributed by atoms with Gasteiger partial charge in [-0.1, -0.05) is 0 Å². The van der Waals surface area contributed by atoms with Crippen molar-refractivity contribution in [3.05, 3.63) is 23.8 Å². The van der Waals surface area contributed by atoms with Gasteiger partial charge in [0.1, 0.15) is 0 Å². The number of amides is 1. The van der Waals surface area contributed by atoms with Crippen LogP contribution in [0, 0.1) is 5.92 Å². The lowest BCUT2D eigenvalue weighted by atomic mass is 10.0. The van der Waals surface area contributed by atoms with Crippen molar-refractivity contribution in [3.63, 3.8) is 0 Å². The highest BCUT2D eigenvalue weighted by Gasteiger charge is 2.42. The van der Waals surface area contributed by atoms with Gasteiger partial charge in [-0.15, -0.1) is 0 Å². The largest absolute Gasteiger partial charge is 0.490 e. The van der Waals surface area contributed by atoms with E-state index < -0.39 is 0 Å². The van der Waals surface area contributed by atoms with E-state index in [1.165, 1.54) is 0 Å². The number of carbonyl (C=O) groups is 1. The van der Waals surface area contributed by atoms with Gasteiger partial charge >= 0.3 is 0 Å². The summed E-state index contributed by atoms with van der Waals surface area (Å²) in [6, 6.07) is 5.47. The Morgan fingerprint density at radius 3 is 2.82 bits per heavy atom. The number of benzene rings is 1. The molecule has 4 rings (SSSR count). The van der Waals surface area contributed by atoms with E-state index in [4.69, 9.17) is 14.2 Å². The molecule has 0 N–H and O–H groups in total. The first-order valence-corrected chi connectivity index (χ1v) is 8.05. The van der Waals surface area contributed by atoms with Crippen LogP contribution in [0.4, 0.5) is 0 Å². The summed E-state index contributed by atoms with van der Waals surface area (Å²) >= 11 is 0. The lowest BCUT2D eigenvalue weighted by Crippen LogP contribution is -2.31. The summed E-state index contributed by atoms with van der Waals surface area (Å²) in [7, 11) is 0. The van der Waals surface area contributed by atoms with Crippen LogP contribution in [0.5, 0.6) is 11.5 Å². The molecule has 1 amide bonds. The molecule has 0 spiro atoms. The molecule has 1 aromatic rings. The van der Waals surface area contributed by atoms with E-state index in [1.807, 2.05) is 17.0 Å². The van der Waals surface area contributed by atoms with Crippen LogP contribution in [-0.4, -0.2) is 49.3 Å². The number of hydrogen-bond donors (Lipinski definition) is 0. The molecule has 3 atom stereocenters. The number of fused-ring (bicyclic) bond motifs is 2. The van der Waals surface area contributed by atoms with Crippen LogP contribution in [0.25, 0.3) is 0 Å². The maximum atomic E-state index is 12.7. The molecule has 3 heterocycles. The fourth-order valence-corrected chi connectivity index (χ4v) is 3.65. The van der Waals surface area contributed by atoms with E-state index in [9.17, 15) is 4.79 Å². The number of nitrogens with zero attached hydrogens (tertiary/aromatic N) is 1. The van der Waals surface area contributed by atoms with Crippen molar-refractivity contribution in [2.24, 2.45) is 5.92 Å². The molecule has 0 saturated carbocycles. The van der Waals surface area contributed by atoms with Crippen LogP contribution in [0.15, 0.2) is 18.2 Å². The Balaban J connectivity index is 1.50. The van der Waals surface area contributed by atoms with Crippen molar-refractivity contribution in [2.45, 2.75) is 32.0 Å². The van der Waals surface area contributed by atoms with Crippen LogP contribution in [0.1, 0.15) is 30.1 Å². The third-order valence-electron chi connectivity index (χ3n) is 4.70. The third kappa shape index (κ3) is 2.43. The Kier molecular flexibility index (Phi) is 3.45. The topological polar surface area (TPSA) is 48.0 Å². The molecule has 0 bridgehead atoms. The molecule has 5 nitrogen and oxygen atoms in total. The second-order valence-electron chi connectivity index (χ2n) is 6.40. The zero-order valence-electron chi connectivity index (χ0n) is 12.8. The van der Waals surface area contributed by atoms with Gasteiger partial charge in [-0.3, -0.25) is 4.79 Å². The normalized spacial score (nSPS) is 30.0. The molecule has 0 unspecified atom stereocenters. The monoisotopic (exact) mass is 303 g/mol. The standard InChI is InChI=1S/C17H21NO4/c1-11-7-13-9-18(10-16(13)22-11)17(19)12-3-4-14-15(8-12)21-6-2-5-20-14/h3-4,8,11,13,16H,2,5-7,9-10H2,1H3/t11-,13+,16-/m1/s1. The number of ether oxygens (including phenoxy) is 3. The van der Waals surface area contributed by atoms with Crippen LogP contribution in [0.3, 0.4) is 0 Å². The van der Waals surface area contributed by atoms with Crippen molar-refractivity contribution >= 4 is 5.91 Å². The first-order valence-electron chi connectivity index (χ1n) is 8.05. The van der Waals surface area contributed by atoms with Crippen LogP contribution in [0.2, 0.25) is 0 Å². The Bertz CT molecular complexity index is 574. The van der Waals surface area contributed by atoms with Gasteiger partial charge in [0, 0.05) is 31.0 Å². The average Bonchev–Trinajstić information content (AvgIpc) is 2.94. The minimum Gasteiger partial charge on any atom is -0.490 e. The van der Waals surface area contributed by atoms with Gasteiger partial charge in [0.25, 0.3) is 5.91 Å². The smallest absolute Gasteiger partial charge is 0.254 e. The second kappa shape index (κ2) is 5.47. The zero-order chi connectivity index (χ0) is 15.1. The summed E-state index contributed by atoms with van der Waals surface area (Å²) in [5, 5.41) is 0. The molecule has 0 aromatic heterocycles. The van der Waals surface area contributed by atoms with E-state index >= 15 is 0 Å². The molecule has 0 radical (unpaired) electrons. The molecule has 5 heteroatoms. The number of carbonyl (C=O) groups excluding carboxylic acids is 1. The molecule has 2 saturated heterocycles. The molecule has 22 heavy (non-hydrogen) atoms. The van der Waals surface area contributed by atoms with Gasteiger partial charge in [-0.05, 0) is 31.5 Å². The van der Waals surface area contributed by atoms with Crippen molar-refractivity contribution < 1.29 is 19.0 Å². The molecule has 118 valence electrons. The summed E-state index contributed by atoms with van der Waals surface area (Å²) in [5.41, 5.74) is 0.664. The molecule has 1 aromatic carbocycles. The van der Waals surface area contributed by atoms with E-state index in [1.54, 1.807) is 6.07 Å². The summed E-state index contributed by atoms with van der Waals surface area (Å²) in [5.74, 6) is 1.94. The average molecular weight is 303 g/mol. The maximum Gasteiger partial charge on any atom is 0.254 e. The summed E-state index contributed by atoms with van der Waals surface area (Å²) < 4.78 is 17.2. The van der Waals surface area contributed by atoms with Gasteiger partial charge in [-0.25, -0.2) is 0 Å². The van der Waals surface area contributed by atoms with Crippen molar-refractivity contribution in [1.82, 2.24) is 4.90 Å². The van der Waals surface area contributed by atoms with Gasteiger partial charge in [-0.2, -0.15) is 0 Å². The van der Waals surface area contributed by atoms with E-state index in [-0.39, 0.29) is 12.0 Å². The van der Waals surface area contributed by atoms with Gasteiger partial charge in [0.15, 0.2) is 11.5 Å². The summed E-state index contributed by atoms with van der Waals surface area (Å²) in [6.07, 6.45) is 2.45. The summed E-state index contributed by atoms with van der Waals surface area (Å²) in [4.78, 5) is 14.6. The predicted molar refractivity (Wildman–Crippen MR) is 80.4 cm³/mol. The van der Waals surface area contributed by atoms with E-state index in [0.29, 0.717) is 43.1 Å². The fraction of sp³-hybridized carbons (Fsp3) is 0.588. The lowest BCUT2D eigenvalue weighted by molar-refractivity contribution is 0.0443. The highest BCUT2D eigenvalue weighted by molar-refractivity contribution is 5.95. The summed E-state index contributed by atoms with van der Waals surface area (Å²) in [6.45, 7) is 4.88. The highest BCUT2D eigenvalue weighted by atomic mass is 16.5. The quantitative estimate of drug-likeness (QED) is 0.797. The first-order chi connectivity index (χ1) is 10.7. The number of hydrogen-bond acceptors (Lipinski definition) is 4. The van der Waals surface area contributed by atoms with Crippen molar-refractivity contribution in [2.75, 3.05) is 26.3 Å². The van der Waals surface area contributed by atoms with Gasteiger partial charge in [0.05, 0.1) is 25.4 Å². The minimum absolute atomic E-state index is 0.0568. The molecule has 2 fully saturated rings. The van der Waals surface area contributed by atoms with Gasteiger partial charge < -0.3 is 19.1 Å². The molecular formula is C17H21NO4. The van der Waals surface area contributed by atoms with Crippen molar-refractivity contribution in [3.8, 4) is 11.5 Å². The van der Waals surface area contributed by atoms with Gasteiger partial charge in [0.2, 0.25) is 0 Å². The first kappa shape index (κ1) is 13.9. The Hall–Kier alpha value is -1.75. The predicted octanol–water partition coefficient (Wildman–Crippen LogP) is 2.10. The Morgan fingerprint density at radius 2 is 2.00 bits per heavy atom. The molecule has 3 aliphatic heterocycles. The second-order valence-corrected chi connectivity index (χ2v) is 6.40. The van der Waals surface area contributed by atoms with Crippen LogP contribution < -0.4 is 9.47 Å². The highest BCUT2D eigenvalue weighted by Crippen LogP contribution is 2.35. The maximum absolute atomic E-state index is 12.7. The van der Waals surface area contributed by atoms with Crippen molar-refractivity contribution in [1.29, 1.82) is 0 Å². The molecular weight excluding hydrogens is 282 g/mol. The third-order valence-corrected chi connectivity index (χ3v) is 4.70. The molecule has 3 aliphatic rings. The Labute approximate surface area is 130 Å².